The van der Waals surface area contributed by atoms with E-state index in [1.165, 1.54) is 0 Å². The van der Waals surface area contributed by atoms with Gasteiger partial charge in [-0.15, -0.1) is 0 Å². The van der Waals surface area contributed by atoms with Crippen LogP contribution in [0.3, 0.4) is 0 Å². The van der Waals surface area contributed by atoms with E-state index in [2.05, 4.69) is 16.0 Å². The van der Waals surface area contributed by atoms with E-state index in [1.807, 2.05) is 30.3 Å². The highest BCUT2D eigenvalue weighted by Gasteiger charge is 2.05. The average Bonchev–Trinajstić information content (AvgIpc) is 2.56. The molecule has 0 saturated heterocycles. The first-order valence-electron chi connectivity index (χ1n) is 7.05. The average molecular weight is 297 g/mol. The summed E-state index contributed by atoms with van der Waals surface area (Å²) in [4.78, 5) is 23.2. The van der Waals surface area contributed by atoms with Gasteiger partial charge in [-0.2, -0.15) is 0 Å². The van der Waals surface area contributed by atoms with Crippen LogP contribution in [0.1, 0.15) is 15.9 Å². The fourth-order valence-corrected chi connectivity index (χ4v) is 1.97. The molecule has 2 aromatic carbocycles. The van der Waals surface area contributed by atoms with E-state index in [1.54, 1.807) is 31.3 Å². The smallest absolute Gasteiger partial charge is 0.251 e. The van der Waals surface area contributed by atoms with Crippen molar-refractivity contribution >= 4 is 17.5 Å². The van der Waals surface area contributed by atoms with Crippen molar-refractivity contribution in [3.05, 3.63) is 65.7 Å². The van der Waals surface area contributed by atoms with E-state index >= 15 is 0 Å². The van der Waals surface area contributed by atoms with E-state index in [-0.39, 0.29) is 18.4 Å². The summed E-state index contributed by atoms with van der Waals surface area (Å²) in [5, 5.41) is 8.41. The van der Waals surface area contributed by atoms with E-state index in [4.69, 9.17) is 0 Å². The van der Waals surface area contributed by atoms with Crippen LogP contribution in [0.5, 0.6) is 0 Å². The van der Waals surface area contributed by atoms with Gasteiger partial charge in [-0.25, -0.2) is 0 Å². The number of nitrogens with one attached hydrogen (secondary N) is 3. The number of carbonyl (C=O) groups excluding carboxylic acids is 2. The lowest BCUT2D eigenvalue weighted by molar-refractivity contribution is -0.115. The Morgan fingerprint density at radius 1 is 0.955 bits per heavy atom. The molecule has 22 heavy (non-hydrogen) atoms. The van der Waals surface area contributed by atoms with Gasteiger partial charge in [-0.1, -0.05) is 30.3 Å². The van der Waals surface area contributed by atoms with Crippen molar-refractivity contribution in [3.63, 3.8) is 0 Å². The summed E-state index contributed by atoms with van der Waals surface area (Å²) in [6.07, 6.45) is 0. The lowest BCUT2D eigenvalue weighted by Crippen LogP contribution is -2.27. The molecule has 2 rings (SSSR count). The zero-order valence-corrected chi connectivity index (χ0v) is 12.4. The molecule has 0 heterocycles. The van der Waals surface area contributed by atoms with Gasteiger partial charge in [0, 0.05) is 24.8 Å². The zero-order chi connectivity index (χ0) is 15.8. The van der Waals surface area contributed by atoms with Crippen LogP contribution in [0.15, 0.2) is 54.6 Å². The molecule has 0 radical (unpaired) electrons. The second kappa shape index (κ2) is 7.95. The fourth-order valence-electron chi connectivity index (χ4n) is 1.97. The summed E-state index contributed by atoms with van der Waals surface area (Å²) in [5.41, 5.74) is 2.35. The van der Waals surface area contributed by atoms with E-state index in [0.717, 1.165) is 5.56 Å². The number of anilines is 1. The molecule has 0 aliphatic carbocycles. The van der Waals surface area contributed by atoms with E-state index in [0.29, 0.717) is 17.8 Å². The molecule has 3 N–H and O–H groups in total. The molecule has 0 saturated carbocycles. The largest absolute Gasteiger partial charge is 0.355 e. The molecule has 114 valence electrons. The lowest BCUT2D eigenvalue weighted by atomic mass is 10.2. The van der Waals surface area contributed by atoms with Gasteiger partial charge in [-0.05, 0) is 29.8 Å². The van der Waals surface area contributed by atoms with Crippen molar-refractivity contribution in [1.82, 2.24) is 10.6 Å². The molecule has 0 aliphatic heterocycles. The minimum absolute atomic E-state index is 0.122. The van der Waals surface area contributed by atoms with Crippen LogP contribution in [-0.2, 0) is 11.3 Å². The maximum Gasteiger partial charge on any atom is 0.251 e. The van der Waals surface area contributed by atoms with Crippen LogP contribution in [0.4, 0.5) is 5.69 Å². The third-order valence-corrected chi connectivity index (χ3v) is 3.12. The Morgan fingerprint density at radius 3 is 2.27 bits per heavy atom. The van der Waals surface area contributed by atoms with Gasteiger partial charge in [0.25, 0.3) is 5.91 Å². The van der Waals surface area contributed by atoms with Crippen LogP contribution in [0.25, 0.3) is 0 Å². The van der Waals surface area contributed by atoms with Crippen molar-refractivity contribution < 1.29 is 9.59 Å². The van der Waals surface area contributed by atoms with E-state index in [9.17, 15) is 9.59 Å². The Morgan fingerprint density at radius 2 is 1.64 bits per heavy atom. The second-order valence-electron chi connectivity index (χ2n) is 4.79. The van der Waals surface area contributed by atoms with Crippen molar-refractivity contribution in [2.45, 2.75) is 6.54 Å². The number of rotatable bonds is 6. The molecule has 2 amide bonds. The summed E-state index contributed by atoms with van der Waals surface area (Å²) >= 11 is 0. The molecule has 0 unspecified atom stereocenters. The number of hydrogen-bond acceptors (Lipinski definition) is 3. The topological polar surface area (TPSA) is 70.2 Å². The first-order chi connectivity index (χ1) is 10.7. The maximum atomic E-state index is 11.8. The molecule has 0 aliphatic rings. The summed E-state index contributed by atoms with van der Waals surface area (Å²) in [6, 6.07) is 16.6. The second-order valence-corrected chi connectivity index (χ2v) is 4.79. The highest BCUT2D eigenvalue weighted by Crippen LogP contribution is 2.09. The highest BCUT2D eigenvalue weighted by molar-refractivity contribution is 5.96. The van der Waals surface area contributed by atoms with Gasteiger partial charge in [0.2, 0.25) is 5.91 Å². The van der Waals surface area contributed by atoms with Crippen LogP contribution in [0.2, 0.25) is 0 Å². The van der Waals surface area contributed by atoms with Crippen molar-refractivity contribution in [1.29, 1.82) is 0 Å². The Labute approximate surface area is 129 Å². The van der Waals surface area contributed by atoms with Gasteiger partial charge in [0.1, 0.15) is 0 Å². The number of amides is 2. The zero-order valence-electron chi connectivity index (χ0n) is 12.4. The van der Waals surface area contributed by atoms with Crippen LogP contribution < -0.4 is 16.0 Å². The van der Waals surface area contributed by atoms with Gasteiger partial charge in [-0.3, -0.25) is 9.59 Å². The predicted octanol–water partition coefficient (Wildman–Crippen LogP) is 1.77. The molecule has 0 bridgehead atoms. The quantitative estimate of drug-likeness (QED) is 0.761. The summed E-state index contributed by atoms with van der Waals surface area (Å²) in [5.74, 6) is -0.272. The third kappa shape index (κ3) is 4.71. The molecule has 0 spiro atoms. The molecular weight excluding hydrogens is 278 g/mol. The molecule has 2 aromatic rings. The summed E-state index contributed by atoms with van der Waals surface area (Å²) in [7, 11) is 1.58. The Kier molecular flexibility index (Phi) is 5.68. The molecule has 5 heteroatoms. The van der Waals surface area contributed by atoms with Crippen molar-refractivity contribution in [2.75, 3.05) is 18.9 Å². The predicted molar refractivity (Wildman–Crippen MR) is 86.6 cm³/mol. The fraction of sp³-hybridized carbons (Fsp3) is 0.176. The maximum absolute atomic E-state index is 11.8. The van der Waals surface area contributed by atoms with Crippen molar-refractivity contribution in [2.24, 2.45) is 0 Å². The Hall–Kier alpha value is -2.66. The van der Waals surface area contributed by atoms with E-state index < -0.39 is 0 Å². The van der Waals surface area contributed by atoms with Crippen molar-refractivity contribution in [3.8, 4) is 0 Å². The van der Waals surface area contributed by atoms with Crippen LogP contribution >= 0.6 is 0 Å². The van der Waals surface area contributed by atoms with Gasteiger partial charge in [0.05, 0.1) is 6.54 Å². The van der Waals surface area contributed by atoms with Gasteiger partial charge >= 0.3 is 0 Å². The number of hydrogen-bond donors (Lipinski definition) is 3. The van der Waals surface area contributed by atoms with Crippen LogP contribution in [-0.4, -0.2) is 25.4 Å². The standard InChI is InChI=1S/C17H19N3O2/c1-18-17(22)14-7-9-15(10-8-14)20-16(21)12-19-11-13-5-3-2-4-6-13/h2-10,19H,11-12H2,1H3,(H,18,22)(H,20,21). The Balaban J connectivity index is 1.78. The van der Waals surface area contributed by atoms with Gasteiger partial charge in [0.15, 0.2) is 0 Å². The third-order valence-electron chi connectivity index (χ3n) is 3.12. The highest BCUT2D eigenvalue weighted by atomic mass is 16.2. The minimum Gasteiger partial charge on any atom is -0.355 e. The molecule has 5 nitrogen and oxygen atoms in total. The first kappa shape index (κ1) is 15.7. The lowest BCUT2D eigenvalue weighted by Gasteiger charge is -2.07. The monoisotopic (exact) mass is 297 g/mol. The molecule has 0 atom stereocenters. The first-order valence-corrected chi connectivity index (χ1v) is 7.05. The SMILES string of the molecule is CNC(=O)c1ccc(NC(=O)CNCc2ccccc2)cc1. The molecule has 0 fully saturated rings. The number of benzene rings is 2. The van der Waals surface area contributed by atoms with Crippen LogP contribution in [0, 0.1) is 0 Å². The normalized spacial score (nSPS) is 10.0. The minimum atomic E-state index is -0.151. The molecule has 0 aromatic heterocycles. The Bertz CT molecular complexity index is 624. The summed E-state index contributed by atoms with van der Waals surface area (Å²) < 4.78 is 0. The molecular formula is C17H19N3O2. The summed E-state index contributed by atoms with van der Waals surface area (Å²) in [6.45, 7) is 0.871. The number of carbonyl (C=O) groups is 2. The van der Waals surface area contributed by atoms with Gasteiger partial charge < -0.3 is 16.0 Å².